The van der Waals surface area contributed by atoms with Gasteiger partial charge in [-0.15, -0.1) is 0 Å². The highest BCUT2D eigenvalue weighted by molar-refractivity contribution is 5.42. The van der Waals surface area contributed by atoms with Crippen molar-refractivity contribution >= 4 is 5.82 Å². The predicted octanol–water partition coefficient (Wildman–Crippen LogP) is -0.262. The number of ether oxygens (including phenoxy) is 1. The minimum Gasteiger partial charge on any atom is -0.394 e. The van der Waals surface area contributed by atoms with Crippen molar-refractivity contribution in [2.45, 2.75) is 12.6 Å². The van der Waals surface area contributed by atoms with E-state index >= 15 is 0 Å². The summed E-state index contributed by atoms with van der Waals surface area (Å²) < 4.78 is 5.33. The SMILES string of the molecule is NCc1ccnc(N2CCOCC2CO)c1. The fourth-order valence-electron chi connectivity index (χ4n) is 1.85. The topological polar surface area (TPSA) is 71.6 Å². The summed E-state index contributed by atoms with van der Waals surface area (Å²) in [6.45, 7) is 2.56. The Morgan fingerprint density at radius 2 is 2.50 bits per heavy atom. The highest BCUT2D eigenvalue weighted by atomic mass is 16.5. The number of hydrogen-bond donors (Lipinski definition) is 2. The summed E-state index contributed by atoms with van der Waals surface area (Å²) in [5, 5.41) is 9.28. The molecule has 88 valence electrons. The van der Waals surface area contributed by atoms with Gasteiger partial charge in [-0.1, -0.05) is 0 Å². The minimum atomic E-state index is -0.00530. The van der Waals surface area contributed by atoms with Crippen LogP contribution in [0.2, 0.25) is 0 Å². The van der Waals surface area contributed by atoms with Gasteiger partial charge in [0, 0.05) is 19.3 Å². The zero-order valence-electron chi connectivity index (χ0n) is 9.17. The van der Waals surface area contributed by atoms with Crippen LogP contribution in [-0.4, -0.2) is 42.5 Å². The van der Waals surface area contributed by atoms with Gasteiger partial charge in [-0.3, -0.25) is 0 Å². The summed E-state index contributed by atoms with van der Waals surface area (Å²) in [6.07, 6.45) is 1.75. The lowest BCUT2D eigenvalue weighted by molar-refractivity contribution is 0.0723. The molecule has 0 aromatic carbocycles. The fourth-order valence-corrected chi connectivity index (χ4v) is 1.85. The Morgan fingerprint density at radius 1 is 1.62 bits per heavy atom. The zero-order valence-corrected chi connectivity index (χ0v) is 9.17. The second-order valence-corrected chi connectivity index (χ2v) is 3.83. The number of rotatable bonds is 3. The molecule has 0 radical (unpaired) electrons. The molecule has 16 heavy (non-hydrogen) atoms. The van der Waals surface area contributed by atoms with Crippen LogP contribution in [0, 0.1) is 0 Å². The Balaban J connectivity index is 2.20. The largest absolute Gasteiger partial charge is 0.394 e. The number of nitrogens with two attached hydrogens (primary N) is 1. The number of aliphatic hydroxyl groups is 1. The fraction of sp³-hybridized carbons (Fsp3) is 0.545. The Labute approximate surface area is 94.8 Å². The molecule has 1 aliphatic rings. The molecule has 1 aromatic heterocycles. The van der Waals surface area contributed by atoms with Crippen molar-refractivity contribution in [1.29, 1.82) is 0 Å². The highest BCUT2D eigenvalue weighted by Crippen LogP contribution is 2.17. The van der Waals surface area contributed by atoms with Gasteiger partial charge in [-0.05, 0) is 17.7 Å². The van der Waals surface area contributed by atoms with E-state index in [4.69, 9.17) is 10.5 Å². The maximum atomic E-state index is 9.28. The van der Waals surface area contributed by atoms with Gasteiger partial charge < -0.3 is 20.5 Å². The van der Waals surface area contributed by atoms with Gasteiger partial charge in [-0.25, -0.2) is 4.98 Å². The summed E-state index contributed by atoms with van der Waals surface area (Å²) in [5.74, 6) is 0.866. The molecule has 3 N–H and O–H groups in total. The smallest absolute Gasteiger partial charge is 0.129 e. The van der Waals surface area contributed by atoms with Crippen molar-refractivity contribution in [2.24, 2.45) is 5.73 Å². The first kappa shape index (κ1) is 11.3. The maximum Gasteiger partial charge on any atom is 0.129 e. The molecule has 0 amide bonds. The summed E-state index contributed by atoms with van der Waals surface area (Å²) in [6, 6.07) is 3.86. The molecule has 1 fully saturated rings. The number of hydrogen-bond acceptors (Lipinski definition) is 5. The zero-order chi connectivity index (χ0) is 11.4. The van der Waals surface area contributed by atoms with Crippen molar-refractivity contribution in [1.82, 2.24) is 4.98 Å². The molecule has 0 aliphatic carbocycles. The predicted molar refractivity (Wildman–Crippen MR) is 61.2 cm³/mol. The van der Waals surface area contributed by atoms with Crippen molar-refractivity contribution in [2.75, 3.05) is 31.3 Å². The number of nitrogens with zero attached hydrogens (tertiary/aromatic N) is 2. The molecule has 1 aromatic rings. The average molecular weight is 223 g/mol. The first-order chi connectivity index (χ1) is 7.85. The van der Waals surface area contributed by atoms with Crippen LogP contribution in [0.3, 0.4) is 0 Å². The molecular formula is C11H17N3O2. The van der Waals surface area contributed by atoms with Crippen LogP contribution in [0.15, 0.2) is 18.3 Å². The normalized spacial score (nSPS) is 21.1. The Hall–Kier alpha value is -1.17. The Morgan fingerprint density at radius 3 is 3.25 bits per heavy atom. The second kappa shape index (κ2) is 5.25. The summed E-state index contributed by atoms with van der Waals surface area (Å²) in [7, 11) is 0. The lowest BCUT2D eigenvalue weighted by atomic mass is 10.2. The lowest BCUT2D eigenvalue weighted by Crippen LogP contribution is -2.48. The molecule has 5 nitrogen and oxygen atoms in total. The number of anilines is 1. The van der Waals surface area contributed by atoms with Crippen molar-refractivity contribution in [3.8, 4) is 0 Å². The molecule has 1 unspecified atom stereocenters. The first-order valence-electron chi connectivity index (χ1n) is 5.45. The number of aromatic nitrogens is 1. The third-order valence-electron chi connectivity index (χ3n) is 2.78. The van der Waals surface area contributed by atoms with E-state index in [1.807, 2.05) is 12.1 Å². The van der Waals surface area contributed by atoms with Crippen molar-refractivity contribution in [3.63, 3.8) is 0 Å². The van der Waals surface area contributed by atoms with Crippen LogP contribution in [0.5, 0.6) is 0 Å². The van der Waals surface area contributed by atoms with Crippen LogP contribution < -0.4 is 10.6 Å². The molecule has 0 bridgehead atoms. The van der Waals surface area contributed by atoms with Crippen LogP contribution in [0.4, 0.5) is 5.82 Å². The van der Waals surface area contributed by atoms with E-state index in [0.29, 0.717) is 19.8 Å². The quantitative estimate of drug-likeness (QED) is 0.738. The minimum absolute atomic E-state index is 0.00530. The van der Waals surface area contributed by atoms with Crippen LogP contribution in [0.1, 0.15) is 5.56 Å². The molecule has 2 rings (SSSR count). The molecule has 2 heterocycles. The second-order valence-electron chi connectivity index (χ2n) is 3.83. The average Bonchev–Trinajstić information content (AvgIpc) is 2.38. The van der Waals surface area contributed by atoms with Crippen LogP contribution >= 0.6 is 0 Å². The summed E-state index contributed by atoms with van der Waals surface area (Å²) >= 11 is 0. The third kappa shape index (κ3) is 2.32. The van der Waals surface area contributed by atoms with Gasteiger partial charge >= 0.3 is 0 Å². The number of aliphatic hydroxyl groups excluding tert-OH is 1. The van der Waals surface area contributed by atoms with Crippen LogP contribution in [-0.2, 0) is 11.3 Å². The molecular weight excluding hydrogens is 206 g/mol. The molecule has 1 atom stereocenters. The van der Waals surface area contributed by atoms with Crippen molar-refractivity contribution in [3.05, 3.63) is 23.9 Å². The van der Waals surface area contributed by atoms with E-state index in [1.165, 1.54) is 0 Å². The molecule has 1 saturated heterocycles. The van der Waals surface area contributed by atoms with Gasteiger partial charge in [0.1, 0.15) is 5.82 Å². The van der Waals surface area contributed by atoms with Crippen molar-refractivity contribution < 1.29 is 9.84 Å². The number of morpholine rings is 1. The lowest BCUT2D eigenvalue weighted by Gasteiger charge is -2.35. The molecule has 1 aliphatic heterocycles. The van der Waals surface area contributed by atoms with Gasteiger partial charge in [-0.2, -0.15) is 0 Å². The van der Waals surface area contributed by atoms with E-state index in [2.05, 4.69) is 9.88 Å². The monoisotopic (exact) mass is 223 g/mol. The van der Waals surface area contributed by atoms with E-state index < -0.39 is 0 Å². The Kier molecular flexibility index (Phi) is 3.71. The van der Waals surface area contributed by atoms with E-state index in [1.54, 1.807) is 6.20 Å². The van der Waals surface area contributed by atoms with E-state index in [9.17, 15) is 5.11 Å². The summed E-state index contributed by atoms with van der Waals surface area (Å²) in [5.41, 5.74) is 6.64. The maximum absolute atomic E-state index is 9.28. The summed E-state index contributed by atoms with van der Waals surface area (Å²) in [4.78, 5) is 6.39. The van der Waals surface area contributed by atoms with Gasteiger partial charge in [0.2, 0.25) is 0 Å². The molecule has 5 heteroatoms. The van der Waals surface area contributed by atoms with E-state index in [0.717, 1.165) is 17.9 Å². The van der Waals surface area contributed by atoms with E-state index in [-0.39, 0.29) is 12.6 Å². The van der Waals surface area contributed by atoms with Gasteiger partial charge in [0.05, 0.1) is 25.9 Å². The third-order valence-corrected chi connectivity index (χ3v) is 2.78. The van der Waals surface area contributed by atoms with Crippen LogP contribution in [0.25, 0.3) is 0 Å². The standard InChI is InChI=1S/C11H17N3O2/c12-6-9-1-2-13-11(5-9)14-3-4-16-8-10(14)7-15/h1-2,5,10,15H,3-4,6-8,12H2. The highest BCUT2D eigenvalue weighted by Gasteiger charge is 2.23. The molecule has 0 saturated carbocycles. The Bertz CT molecular complexity index is 346. The van der Waals surface area contributed by atoms with Gasteiger partial charge in [0.15, 0.2) is 0 Å². The number of pyridine rings is 1. The van der Waals surface area contributed by atoms with Gasteiger partial charge in [0.25, 0.3) is 0 Å². The first-order valence-corrected chi connectivity index (χ1v) is 5.45. The molecule has 0 spiro atoms.